The first-order chi connectivity index (χ1) is 8.17. The van der Waals surface area contributed by atoms with Crippen LogP contribution in [0.15, 0.2) is 0 Å². The van der Waals surface area contributed by atoms with Crippen molar-refractivity contribution in [3.63, 3.8) is 0 Å². The summed E-state index contributed by atoms with van der Waals surface area (Å²) in [5, 5.41) is 0. The van der Waals surface area contributed by atoms with E-state index in [1.165, 1.54) is 64.7 Å². The molecular weight excluding hydrogens is 208 g/mol. The summed E-state index contributed by atoms with van der Waals surface area (Å²) < 4.78 is 0. The molecule has 2 unspecified atom stereocenters. The van der Waals surface area contributed by atoms with E-state index in [1.54, 1.807) is 0 Å². The third-order valence-corrected chi connectivity index (χ3v) is 5.62. The fourth-order valence-electron chi connectivity index (χ4n) is 4.51. The number of hydrogen-bond donors (Lipinski definition) is 0. The SMILES string of the molecule is CC1CCC2(CCN(C3CCN(C)CC3)C2)C1. The van der Waals surface area contributed by atoms with Crippen molar-refractivity contribution in [2.45, 2.75) is 51.5 Å². The quantitative estimate of drug-likeness (QED) is 0.690. The Hall–Kier alpha value is -0.0800. The van der Waals surface area contributed by atoms with Crippen LogP contribution in [0.5, 0.6) is 0 Å². The Labute approximate surface area is 106 Å². The van der Waals surface area contributed by atoms with Crippen LogP contribution in [-0.2, 0) is 0 Å². The predicted octanol–water partition coefficient (Wildman–Crippen LogP) is 2.59. The summed E-state index contributed by atoms with van der Waals surface area (Å²) in [5.74, 6) is 0.993. The van der Waals surface area contributed by atoms with Gasteiger partial charge in [-0.15, -0.1) is 0 Å². The van der Waals surface area contributed by atoms with E-state index in [2.05, 4.69) is 23.8 Å². The molecule has 2 atom stereocenters. The highest BCUT2D eigenvalue weighted by Gasteiger charge is 2.44. The minimum absolute atomic E-state index is 0.739. The van der Waals surface area contributed by atoms with E-state index in [-0.39, 0.29) is 0 Å². The molecule has 0 amide bonds. The molecule has 0 N–H and O–H groups in total. The molecule has 3 fully saturated rings. The molecule has 17 heavy (non-hydrogen) atoms. The summed E-state index contributed by atoms with van der Waals surface area (Å²) in [6, 6.07) is 0.904. The first kappa shape index (κ1) is 12.0. The highest BCUT2D eigenvalue weighted by atomic mass is 15.2. The Bertz CT molecular complexity index is 270. The van der Waals surface area contributed by atoms with Crippen molar-refractivity contribution in [3.8, 4) is 0 Å². The van der Waals surface area contributed by atoms with Gasteiger partial charge in [0.2, 0.25) is 0 Å². The number of rotatable bonds is 1. The topological polar surface area (TPSA) is 6.48 Å². The minimum atomic E-state index is 0.739. The second-order valence-corrected chi connectivity index (χ2v) is 7.10. The average molecular weight is 236 g/mol. The van der Waals surface area contributed by atoms with Crippen molar-refractivity contribution in [1.82, 2.24) is 9.80 Å². The fourth-order valence-corrected chi connectivity index (χ4v) is 4.51. The second kappa shape index (κ2) is 4.55. The minimum Gasteiger partial charge on any atom is -0.306 e. The fraction of sp³-hybridized carbons (Fsp3) is 1.00. The lowest BCUT2D eigenvalue weighted by Crippen LogP contribution is -2.43. The summed E-state index contributed by atoms with van der Waals surface area (Å²) in [6.45, 7) is 7.88. The van der Waals surface area contributed by atoms with Gasteiger partial charge in [0.15, 0.2) is 0 Å². The van der Waals surface area contributed by atoms with Gasteiger partial charge in [0, 0.05) is 12.6 Å². The summed E-state index contributed by atoms with van der Waals surface area (Å²) in [6.07, 6.45) is 8.81. The van der Waals surface area contributed by atoms with Gasteiger partial charge in [0.1, 0.15) is 0 Å². The lowest BCUT2D eigenvalue weighted by molar-refractivity contribution is 0.129. The van der Waals surface area contributed by atoms with Crippen molar-refractivity contribution in [3.05, 3.63) is 0 Å². The molecule has 2 aliphatic heterocycles. The van der Waals surface area contributed by atoms with Gasteiger partial charge >= 0.3 is 0 Å². The highest BCUT2D eigenvalue weighted by Crippen LogP contribution is 2.48. The third-order valence-electron chi connectivity index (χ3n) is 5.62. The molecule has 3 rings (SSSR count). The zero-order chi connectivity index (χ0) is 11.9. The monoisotopic (exact) mass is 236 g/mol. The summed E-state index contributed by atoms with van der Waals surface area (Å²) in [4.78, 5) is 5.32. The lowest BCUT2D eigenvalue weighted by Gasteiger charge is -2.36. The molecule has 1 spiro atoms. The van der Waals surface area contributed by atoms with Crippen LogP contribution < -0.4 is 0 Å². The Kier molecular flexibility index (Phi) is 3.20. The molecule has 0 aromatic carbocycles. The summed E-state index contributed by atoms with van der Waals surface area (Å²) in [7, 11) is 2.26. The van der Waals surface area contributed by atoms with Gasteiger partial charge in [-0.2, -0.15) is 0 Å². The number of piperidine rings is 1. The van der Waals surface area contributed by atoms with Crippen molar-refractivity contribution in [1.29, 1.82) is 0 Å². The molecule has 0 radical (unpaired) electrons. The van der Waals surface area contributed by atoms with Gasteiger partial charge in [-0.1, -0.05) is 13.3 Å². The van der Waals surface area contributed by atoms with E-state index in [0.717, 1.165) is 17.4 Å². The first-order valence-corrected chi connectivity index (χ1v) is 7.59. The zero-order valence-corrected chi connectivity index (χ0v) is 11.6. The van der Waals surface area contributed by atoms with E-state index in [9.17, 15) is 0 Å². The smallest absolute Gasteiger partial charge is 0.0120 e. The number of likely N-dealkylation sites (tertiary alicyclic amines) is 2. The van der Waals surface area contributed by atoms with Gasteiger partial charge in [-0.3, -0.25) is 4.90 Å². The first-order valence-electron chi connectivity index (χ1n) is 7.59. The summed E-state index contributed by atoms with van der Waals surface area (Å²) in [5.41, 5.74) is 0.739. The normalized spacial score (nSPS) is 41.6. The van der Waals surface area contributed by atoms with Crippen molar-refractivity contribution < 1.29 is 0 Å². The molecule has 2 heterocycles. The van der Waals surface area contributed by atoms with Gasteiger partial charge in [0.05, 0.1) is 0 Å². The van der Waals surface area contributed by atoms with Crippen molar-refractivity contribution in [2.75, 3.05) is 33.2 Å². The molecule has 2 nitrogen and oxygen atoms in total. The van der Waals surface area contributed by atoms with E-state index >= 15 is 0 Å². The van der Waals surface area contributed by atoms with Crippen LogP contribution in [-0.4, -0.2) is 49.1 Å². The van der Waals surface area contributed by atoms with Crippen LogP contribution in [0, 0.1) is 11.3 Å². The molecule has 3 aliphatic rings. The largest absolute Gasteiger partial charge is 0.306 e. The van der Waals surface area contributed by atoms with Crippen molar-refractivity contribution >= 4 is 0 Å². The van der Waals surface area contributed by atoms with Gasteiger partial charge in [-0.25, -0.2) is 0 Å². The van der Waals surface area contributed by atoms with E-state index in [0.29, 0.717) is 0 Å². The van der Waals surface area contributed by atoms with Crippen molar-refractivity contribution in [2.24, 2.45) is 11.3 Å². The molecule has 2 saturated heterocycles. The second-order valence-electron chi connectivity index (χ2n) is 7.10. The molecule has 1 saturated carbocycles. The van der Waals surface area contributed by atoms with E-state index in [1.807, 2.05) is 0 Å². The van der Waals surface area contributed by atoms with Gasteiger partial charge < -0.3 is 4.90 Å². The van der Waals surface area contributed by atoms with Crippen LogP contribution in [0.1, 0.15) is 45.4 Å². The molecule has 1 aliphatic carbocycles. The highest BCUT2D eigenvalue weighted by molar-refractivity contribution is 4.97. The lowest BCUT2D eigenvalue weighted by atomic mass is 9.84. The Balaban J connectivity index is 1.57. The van der Waals surface area contributed by atoms with Gasteiger partial charge in [-0.05, 0) is 70.1 Å². The van der Waals surface area contributed by atoms with E-state index in [4.69, 9.17) is 0 Å². The average Bonchev–Trinajstić information content (AvgIpc) is 2.88. The number of nitrogens with zero attached hydrogens (tertiary/aromatic N) is 2. The maximum absolute atomic E-state index is 2.84. The molecule has 2 heteroatoms. The number of hydrogen-bond acceptors (Lipinski definition) is 2. The van der Waals surface area contributed by atoms with Gasteiger partial charge in [0.25, 0.3) is 0 Å². The molecule has 98 valence electrons. The molecule has 0 aromatic rings. The van der Waals surface area contributed by atoms with Crippen LogP contribution in [0.2, 0.25) is 0 Å². The van der Waals surface area contributed by atoms with Crippen LogP contribution in [0.25, 0.3) is 0 Å². The summed E-state index contributed by atoms with van der Waals surface area (Å²) >= 11 is 0. The molecular formula is C15H28N2. The Morgan fingerprint density at radius 1 is 1.00 bits per heavy atom. The molecule has 0 aromatic heterocycles. The Morgan fingerprint density at radius 2 is 1.76 bits per heavy atom. The maximum Gasteiger partial charge on any atom is 0.0120 e. The standard InChI is InChI=1S/C15H28N2/c1-13-3-6-15(11-13)7-10-17(12-15)14-4-8-16(2)9-5-14/h13-14H,3-12H2,1-2H3. The third kappa shape index (κ3) is 2.39. The zero-order valence-electron chi connectivity index (χ0n) is 11.6. The van der Waals surface area contributed by atoms with Crippen LogP contribution in [0.4, 0.5) is 0 Å². The maximum atomic E-state index is 2.84. The molecule has 0 bridgehead atoms. The predicted molar refractivity (Wildman–Crippen MR) is 72.2 cm³/mol. The van der Waals surface area contributed by atoms with Crippen LogP contribution >= 0.6 is 0 Å². The van der Waals surface area contributed by atoms with E-state index < -0.39 is 0 Å². The van der Waals surface area contributed by atoms with Crippen LogP contribution in [0.3, 0.4) is 0 Å². The Morgan fingerprint density at radius 3 is 2.41 bits per heavy atom.